The Bertz CT molecular complexity index is 553. The zero-order valence-corrected chi connectivity index (χ0v) is 11.0. The van der Waals surface area contributed by atoms with Gasteiger partial charge in [0.15, 0.2) is 5.82 Å². The van der Waals surface area contributed by atoms with Gasteiger partial charge >= 0.3 is 0 Å². The molecule has 1 aliphatic rings. The first-order valence-corrected chi connectivity index (χ1v) is 6.65. The summed E-state index contributed by atoms with van der Waals surface area (Å²) in [7, 11) is 0. The molecule has 2 aromatic rings. The number of para-hydroxylation sites is 2. The minimum absolute atomic E-state index is 0.657. The van der Waals surface area contributed by atoms with Crippen LogP contribution >= 0.6 is 0 Å². The van der Waals surface area contributed by atoms with E-state index >= 15 is 0 Å². The molecule has 5 heteroatoms. The van der Waals surface area contributed by atoms with Crippen molar-refractivity contribution in [1.82, 2.24) is 10.1 Å². The average Bonchev–Trinajstić information content (AvgIpc) is 2.80. The van der Waals surface area contributed by atoms with Crippen molar-refractivity contribution in [2.75, 3.05) is 18.1 Å². The zero-order valence-electron chi connectivity index (χ0n) is 11.0. The lowest BCUT2D eigenvalue weighted by atomic mass is 10.2. The van der Waals surface area contributed by atoms with Gasteiger partial charge in [-0.15, -0.1) is 0 Å². The molecule has 0 saturated heterocycles. The van der Waals surface area contributed by atoms with Crippen LogP contribution in [0, 0.1) is 0 Å². The summed E-state index contributed by atoms with van der Waals surface area (Å²) in [5.41, 5.74) is 1.10. The van der Waals surface area contributed by atoms with Crippen LogP contribution in [-0.4, -0.2) is 23.3 Å². The third-order valence-corrected chi connectivity index (χ3v) is 3.18. The van der Waals surface area contributed by atoms with E-state index in [0.717, 1.165) is 43.3 Å². The van der Waals surface area contributed by atoms with Crippen LogP contribution in [0.2, 0.25) is 0 Å². The Hall–Kier alpha value is -2.04. The first-order chi connectivity index (χ1) is 9.36. The average molecular weight is 259 g/mol. The summed E-state index contributed by atoms with van der Waals surface area (Å²) >= 11 is 0. The van der Waals surface area contributed by atoms with Crippen LogP contribution in [0.4, 0.5) is 5.69 Å². The molecular weight excluding hydrogens is 242 g/mol. The normalized spacial score (nSPS) is 14.7. The van der Waals surface area contributed by atoms with Gasteiger partial charge in [0.2, 0.25) is 5.89 Å². The van der Waals surface area contributed by atoms with Gasteiger partial charge in [-0.05, 0) is 18.6 Å². The molecule has 100 valence electrons. The molecule has 2 heterocycles. The van der Waals surface area contributed by atoms with Gasteiger partial charge in [-0.1, -0.05) is 24.2 Å². The van der Waals surface area contributed by atoms with E-state index in [1.54, 1.807) is 0 Å². The lowest BCUT2D eigenvalue weighted by Gasteiger charge is -2.21. The smallest absolute Gasteiger partial charge is 0.226 e. The summed E-state index contributed by atoms with van der Waals surface area (Å²) in [5.74, 6) is 2.35. The predicted octanol–water partition coefficient (Wildman–Crippen LogP) is 2.42. The summed E-state index contributed by atoms with van der Waals surface area (Å²) < 4.78 is 10.9. The molecule has 0 unspecified atom stereocenters. The zero-order chi connectivity index (χ0) is 13.1. The molecule has 0 amide bonds. The second-order valence-corrected chi connectivity index (χ2v) is 4.55. The number of anilines is 1. The van der Waals surface area contributed by atoms with Gasteiger partial charge in [0.05, 0.1) is 18.8 Å². The quantitative estimate of drug-likeness (QED) is 0.847. The second kappa shape index (κ2) is 5.30. The molecule has 1 aromatic carbocycles. The third-order valence-electron chi connectivity index (χ3n) is 3.18. The van der Waals surface area contributed by atoms with E-state index in [1.807, 2.05) is 25.1 Å². The highest BCUT2D eigenvalue weighted by Gasteiger charge is 2.18. The minimum Gasteiger partial charge on any atom is -0.491 e. The molecule has 1 aliphatic heterocycles. The Morgan fingerprint density at radius 3 is 3.05 bits per heavy atom. The highest BCUT2D eigenvalue weighted by molar-refractivity contribution is 5.58. The lowest BCUT2D eigenvalue weighted by molar-refractivity contribution is 0.322. The standard InChI is InChI=1S/C14H17N3O2/c1-2-14-15-13(16-19-14)10-17-8-5-9-18-12-7-4-3-6-11(12)17/h3-4,6-7H,2,5,8-10H2,1H3. The van der Waals surface area contributed by atoms with Crippen LogP contribution in [0.1, 0.15) is 25.1 Å². The van der Waals surface area contributed by atoms with Crippen molar-refractivity contribution in [3.05, 3.63) is 36.0 Å². The largest absolute Gasteiger partial charge is 0.491 e. The summed E-state index contributed by atoms with van der Waals surface area (Å²) in [6.07, 6.45) is 1.76. The van der Waals surface area contributed by atoms with Crippen LogP contribution in [0.25, 0.3) is 0 Å². The summed E-state index contributed by atoms with van der Waals surface area (Å²) in [5, 5.41) is 4.02. The van der Waals surface area contributed by atoms with Crippen molar-refractivity contribution in [1.29, 1.82) is 0 Å². The monoisotopic (exact) mass is 259 g/mol. The van der Waals surface area contributed by atoms with Crippen LogP contribution in [0.3, 0.4) is 0 Å². The lowest BCUT2D eigenvalue weighted by Crippen LogP contribution is -2.23. The highest BCUT2D eigenvalue weighted by Crippen LogP contribution is 2.31. The van der Waals surface area contributed by atoms with Gasteiger partial charge < -0.3 is 14.2 Å². The molecule has 1 aromatic heterocycles. The first kappa shape index (κ1) is 12.0. The number of benzene rings is 1. The van der Waals surface area contributed by atoms with Gasteiger partial charge in [-0.3, -0.25) is 0 Å². The first-order valence-electron chi connectivity index (χ1n) is 6.65. The van der Waals surface area contributed by atoms with E-state index < -0.39 is 0 Å². The predicted molar refractivity (Wildman–Crippen MR) is 71.3 cm³/mol. The maximum Gasteiger partial charge on any atom is 0.226 e. The van der Waals surface area contributed by atoms with Gasteiger partial charge in [0, 0.05) is 13.0 Å². The molecule has 0 N–H and O–H groups in total. The third kappa shape index (κ3) is 2.54. The molecule has 3 rings (SSSR count). The van der Waals surface area contributed by atoms with Crippen molar-refractivity contribution in [3.8, 4) is 5.75 Å². The minimum atomic E-state index is 0.657. The molecule has 0 fully saturated rings. The number of ether oxygens (including phenoxy) is 1. The Morgan fingerprint density at radius 1 is 1.32 bits per heavy atom. The Balaban J connectivity index is 1.83. The van der Waals surface area contributed by atoms with E-state index in [1.165, 1.54) is 0 Å². The van der Waals surface area contributed by atoms with Crippen LogP contribution in [0.5, 0.6) is 5.75 Å². The molecule has 0 saturated carbocycles. The van der Waals surface area contributed by atoms with Crippen molar-refractivity contribution >= 4 is 5.69 Å². The summed E-state index contributed by atoms with van der Waals surface area (Å²) in [6.45, 7) is 4.35. The van der Waals surface area contributed by atoms with Crippen molar-refractivity contribution in [2.24, 2.45) is 0 Å². The van der Waals surface area contributed by atoms with Crippen LogP contribution < -0.4 is 9.64 Å². The maximum absolute atomic E-state index is 5.74. The molecular formula is C14H17N3O2. The van der Waals surface area contributed by atoms with Gasteiger partial charge in [0.25, 0.3) is 0 Å². The van der Waals surface area contributed by atoms with E-state index in [4.69, 9.17) is 9.26 Å². The molecule has 19 heavy (non-hydrogen) atoms. The molecule has 0 spiro atoms. The number of aryl methyl sites for hydroxylation is 1. The Morgan fingerprint density at radius 2 is 2.21 bits per heavy atom. The molecule has 0 aliphatic carbocycles. The Labute approximate surface area is 112 Å². The fourth-order valence-electron chi connectivity index (χ4n) is 2.23. The van der Waals surface area contributed by atoms with E-state index in [-0.39, 0.29) is 0 Å². The van der Waals surface area contributed by atoms with Gasteiger partial charge in [0.1, 0.15) is 5.75 Å². The Kier molecular flexibility index (Phi) is 3.35. The number of hydrogen-bond acceptors (Lipinski definition) is 5. The summed E-state index contributed by atoms with van der Waals surface area (Å²) in [4.78, 5) is 6.61. The maximum atomic E-state index is 5.74. The topological polar surface area (TPSA) is 51.4 Å². The van der Waals surface area contributed by atoms with Crippen molar-refractivity contribution in [2.45, 2.75) is 26.3 Å². The van der Waals surface area contributed by atoms with Crippen LogP contribution in [-0.2, 0) is 13.0 Å². The number of nitrogens with zero attached hydrogens (tertiary/aromatic N) is 3. The number of hydrogen-bond donors (Lipinski definition) is 0. The molecule has 0 radical (unpaired) electrons. The van der Waals surface area contributed by atoms with E-state index in [9.17, 15) is 0 Å². The number of aromatic nitrogens is 2. The SMILES string of the molecule is CCc1nc(CN2CCCOc3ccccc32)no1. The number of fused-ring (bicyclic) bond motifs is 1. The van der Waals surface area contributed by atoms with E-state index in [2.05, 4.69) is 21.1 Å². The van der Waals surface area contributed by atoms with E-state index in [0.29, 0.717) is 12.4 Å². The molecule has 0 bridgehead atoms. The highest BCUT2D eigenvalue weighted by atomic mass is 16.5. The van der Waals surface area contributed by atoms with Gasteiger partial charge in [-0.25, -0.2) is 0 Å². The molecule has 0 atom stereocenters. The molecule has 5 nitrogen and oxygen atoms in total. The second-order valence-electron chi connectivity index (χ2n) is 4.55. The van der Waals surface area contributed by atoms with Crippen molar-refractivity contribution in [3.63, 3.8) is 0 Å². The fraction of sp³-hybridized carbons (Fsp3) is 0.429. The van der Waals surface area contributed by atoms with Crippen molar-refractivity contribution < 1.29 is 9.26 Å². The summed E-state index contributed by atoms with van der Waals surface area (Å²) in [6, 6.07) is 8.09. The fourth-order valence-corrected chi connectivity index (χ4v) is 2.23. The number of rotatable bonds is 3. The van der Waals surface area contributed by atoms with Gasteiger partial charge in [-0.2, -0.15) is 4.98 Å². The van der Waals surface area contributed by atoms with Crippen LogP contribution in [0.15, 0.2) is 28.8 Å².